The van der Waals surface area contributed by atoms with Crippen LogP contribution in [0.5, 0.6) is 0 Å². The molecule has 3 heterocycles. The van der Waals surface area contributed by atoms with Gasteiger partial charge in [0, 0.05) is 0 Å². The molecule has 2 N–H and O–H groups in total. The van der Waals surface area contributed by atoms with E-state index < -0.39 is 46.6 Å². The van der Waals surface area contributed by atoms with Crippen LogP contribution in [-0.4, -0.2) is 67.0 Å². The minimum absolute atomic E-state index is 0.0217. The molecule has 0 bridgehead atoms. The van der Waals surface area contributed by atoms with Gasteiger partial charge in [-0.05, 0) is 57.0 Å². The van der Waals surface area contributed by atoms with Crippen LogP contribution >= 0.6 is 0 Å². The maximum absolute atomic E-state index is 13.3. The van der Waals surface area contributed by atoms with Crippen molar-refractivity contribution in [3.8, 4) is 0 Å². The zero-order chi connectivity index (χ0) is 29.8. The standard InChI is InChI=1S/C27H49N5O5Si2/c1-25(2,3)24(33)36-20-19(37-39(12,13)27(7,8)9)17(14-34-38(10,11)26(4,5)6)35-23(20)32-16-31-18-21(28)29-15-30-22(18)32/h15-17,19-20,23H,14H2,1-13H3,(H2,28,29,30)/t17-,19-,20-,23+/m1/s1. The molecule has 12 heteroatoms. The first-order chi connectivity index (χ1) is 17.6. The van der Waals surface area contributed by atoms with Gasteiger partial charge in [0.15, 0.2) is 40.4 Å². The van der Waals surface area contributed by atoms with Crippen LogP contribution in [0.3, 0.4) is 0 Å². The maximum Gasteiger partial charge on any atom is 0.311 e. The Morgan fingerprint density at radius 3 is 2.08 bits per heavy atom. The number of ether oxygens (including phenoxy) is 2. The number of imidazole rings is 1. The Morgan fingerprint density at radius 1 is 0.949 bits per heavy atom. The summed E-state index contributed by atoms with van der Waals surface area (Å²) in [5.74, 6) is -0.0682. The summed E-state index contributed by atoms with van der Waals surface area (Å²) in [7, 11) is -4.43. The van der Waals surface area contributed by atoms with Crippen molar-refractivity contribution in [3.63, 3.8) is 0 Å². The number of nitrogens with two attached hydrogens (primary N) is 1. The predicted molar refractivity (Wildman–Crippen MR) is 158 cm³/mol. The van der Waals surface area contributed by atoms with Gasteiger partial charge in [-0.2, -0.15) is 0 Å². The molecule has 0 spiro atoms. The van der Waals surface area contributed by atoms with Crippen LogP contribution in [0.1, 0.15) is 68.5 Å². The number of carbonyl (C=O) groups excluding carboxylic acids is 1. The molecule has 2 aromatic rings. The fourth-order valence-electron chi connectivity index (χ4n) is 3.71. The summed E-state index contributed by atoms with van der Waals surface area (Å²) in [6.07, 6.45) is 0.476. The van der Waals surface area contributed by atoms with Crippen LogP contribution in [0, 0.1) is 5.41 Å². The van der Waals surface area contributed by atoms with Crippen molar-refractivity contribution >= 4 is 39.6 Å². The first-order valence-corrected chi connectivity index (χ1v) is 19.5. The van der Waals surface area contributed by atoms with E-state index in [0.717, 1.165) is 0 Å². The van der Waals surface area contributed by atoms with E-state index >= 15 is 0 Å². The van der Waals surface area contributed by atoms with Crippen LogP contribution < -0.4 is 5.73 Å². The average molecular weight is 580 g/mol. The largest absolute Gasteiger partial charge is 0.454 e. The summed E-state index contributed by atoms with van der Waals surface area (Å²) in [4.78, 5) is 26.2. The van der Waals surface area contributed by atoms with Crippen LogP contribution in [0.15, 0.2) is 12.7 Å². The smallest absolute Gasteiger partial charge is 0.311 e. The zero-order valence-corrected chi connectivity index (χ0v) is 28.1. The summed E-state index contributed by atoms with van der Waals surface area (Å²) in [6, 6.07) is 0. The van der Waals surface area contributed by atoms with Gasteiger partial charge in [0.05, 0.1) is 18.3 Å². The molecular formula is C27H49N5O5Si2. The number of esters is 1. The number of nitrogen functional groups attached to an aromatic ring is 1. The Balaban J connectivity index is 2.11. The molecular weight excluding hydrogens is 530 g/mol. The maximum atomic E-state index is 13.3. The van der Waals surface area contributed by atoms with Crippen molar-refractivity contribution < 1.29 is 23.1 Å². The molecule has 1 saturated heterocycles. The quantitative estimate of drug-likeness (QED) is 0.326. The second-order valence-corrected chi connectivity index (χ2v) is 24.2. The van der Waals surface area contributed by atoms with Gasteiger partial charge < -0.3 is 24.1 Å². The molecule has 0 unspecified atom stereocenters. The molecule has 0 aromatic carbocycles. The van der Waals surface area contributed by atoms with Crippen LogP contribution in [-0.2, 0) is 23.1 Å². The lowest BCUT2D eigenvalue weighted by Crippen LogP contribution is -2.52. The third-order valence-corrected chi connectivity index (χ3v) is 17.4. The van der Waals surface area contributed by atoms with Gasteiger partial charge in [-0.3, -0.25) is 9.36 Å². The predicted octanol–water partition coefficient (Wildman–Crippen LogP) is 5.68. The van der Waals surface area contributed by atoms with E-state index in [2.05, 4.69) is 82.7 Å². The molecule has 0 aliphatic carbocycles. The van der Waals surface area contributed by atoms with E-state index in [1.165, 1.54) is 6.33 Å². The van der Waals surface area contributed by atoms with Gasteiger partial charge in [0.25, 0.3) is 0 Å². The van der Waals surface area contributed by atoms with Gasteiger partial charge in [-0.1, -0.05) is 41.5 Å². The summed E-state index contributed by atoms with van der Waals surface area (Å²) in [5.41, 5.74) is 6.32. The highest BCUT2D eigenvalue weighted by atomic mass is 28.4. The molecule has 3 rings (SSSR count). The monoisotopic (exact) mass is 579 g/mol. The molecule has 1 fully saturated rings. The molecule has 0 radical (unpaired) electrons. The van der Waals surface area contributed by atoms with Crippen molar-refractivity contribution in [1.29, 1.82) is 0 Å². The number of fused-ring (bicyclic) bond motifs is 1. The molecule has 0 amide bonds. The highest BCUT2D eigenvalue weighted by molar-refractivity contribution is 6.74. The lowest BCUT2D eigenvalue weighted by Gasteiger charge is -2.41. The highest BCUT2D eigenvalue weighted by Gasteiger charge is 2.54. The fourth-order valence-corrected chi connectivity index (χ4v) is 6.05. The van der Waals surface area contributed by atoms with E-state index in [1.807, 2.05) is 20.8 Å². The van der Waals surface area contributed by atoms with E-state index in [0.29, 0.717) is 17.8 Å². The number of aromatic nitrogens is 4. The number of anilines is 1. The molecule has 10 nitrogen and oxygen atoms in total. The first-order valence-electron chi connectivity index (χ1n) is 13.7. The van der Waals surface area contributed by atoms with Crippen molar-refractivity contribution in [2.45, 2.75) is 123 Å². The minimum Gasteiger partial charge on any atom is -0.454 e. The zero-order valence-electron chi connectivity index (χ0n) is 26.1. The molecule has 1 aliphatic rings. The number of hydrogen-bond donors (Lipinski definition) is 1. The second kappa shape index (κ2) is 10.5. The summed E-state index contributed by atoms with van der Waals surface area (Å²) in [5, 5.41) is -0.0498. The van der Waals surface area contributed by atoms with Crippen molar-refractivity contribution in [2.75, 3.05) is 12.3 Å². The van der Waals surface area contributed by atoms with Crippen LogP contribution in [0.2, 0.25) is 36.3 Å². The van der Waals surface area contributed by atoms with Crippen molar-refractivity contribution in [2.24, 2.45) is 5.41 Å². The molecule has 39 heavy (non-hydrogen) atoms. The van der Waals surface area contributed by atoms with E-state index in [4.69, 9.17) is 24.1 Å². The summed E-state index contributed by atoms with van der Waals surface area (Å²) in [6.45, 7) is 27.8. The van der Waals surface area contributed by atoms with Crippen molar-refractivity contribution in [1.82, 2.24) is 19.5 Å². The van der Waals surface area contributed by atoms with Crippen molar-refractivity contribution in [3.05, 3.63) is 12.7 Å². The van der Waals surface area contributed by atoms with E-state index in [-0.39, 0.29) is 21.9 Å². The topological polar surface area (TPSA) is 124 Å². The normalized spacial score (nSPS) is 23.4. The van der Waals surface area contributed by atoms with Crippen LogP contribution in [0.4, 0.5) is 5.82 Å². The second-order valence-electron chi connectivity index (χ2n) is 14.7. The summed E-state index contributed by atoms with van der Waals surface area (Å²) >= 11 is 0. The van der Waals surface area contributed by atoms with Gasteiger partial charge >= 0.3 is 5.97 Å². The number of rotatable bonds is 7. The Bertz CT molecular complexity index is 1180. The molecule has 1 aliphatic heterocycles. The fraction of sp³-hybridized carbons (Fsp3) is 0.778. The first kappa shape index (κ1) is 31.7. The lowest BCUT2D eigenvalue weighted by atomic mass is 9.97. The highest BCUT2D eigenvalue weighted by Crippen LogP contribution is 2.44. The third-order valence-electron chi connectivity index (χ3n) is 8.45. The average Bonchev–Trinajstić information content (AvgIpc) is 3.32. The third kappa shape index (κ3) is 6.56. The molecule has 0 saturated carbocycles. The minimum atomic E-state index is -2.33. The Hall–Kier alpha value is -1.87. The van der Waals surface area contributed by atoms with Gasteiger partial charge in [-0.25, -0.2) is 15.0 Å². The van der Waals surface area contributed by atoms with Gasteiger partial charge in [0.1, 0.15) is 24.1 Å². The number of nitrogens with zero attached hydrogens (tertiary/aromatic N) is 4. The van der Waals surface area contributed by atoms with E-state index in [9.17, 15) is 4.79 Å². The number of carbonyl (C=O) groups is 1. The Labute approximate surface area is 235 Å². The number of hydrogen-bond acceptors (Lipinski definition) is 9. The van der Waals surface area contributed by atoms with Crippen LogP contribution in [0.25, 0.3) is 11.2 Å². The SMILES string of the molecule is CC(C)(C)C(=O)O[C@@H]1[C@H](O[Si](C)(C)C(C)(C)C)[C@@H](CO[Si](C)(C)C(C)(C)C)O[C@@H]1n1cnc2c(N)ncnc21. The summed E-state index contributed by atoms with van der Waals surface area (Å²) < 4.78 is 28.4. The molecule has 220 valence electrons. The van der Waals surface area contributed by atoms with Gasteiger partial charge in [-0.15, -0.1) is 0 Å². The molecule has 2 aromatic heterocycles. The Morgan fingerprint density at radius 2 is 1.54 bits per heavy atom. The lowest BCUT2D eigenvalue weighted by molar-refractivity contribution is -0.167. The van der Waals surface area contributed by atoms with E-state index in [1.54, 1.807) is 10.9 Å². The molecule has 4 atom stereocenters. The van der Waals surface area contributed by atoms with Gasteiger partial charge in [0.2, 0.25) is 0 Å². The Kier molecular flexibility index (Phi) is 8.53.